The molecule has 1 aliphatic rings. The summed E-state index contributed by atoms with van der Waals surface area (Å²) < 4.78 is 11.0. The zero-order valence-electron chi connectivity index (χ0n) is 15.8. The largest absolute Gasteiger partial charge is 0.464 e. The van der Waals surface area contributed by atoms with Crippen molar-refractivity contribution in [3.05, 3.63) is 80.7 Å². The number of halogens is 1. The summed E-state index contributed by atoms with van der Waals surface area (Å²) in [5.41, 5.74) is 2.47. The molecular weight excluding hydrogens is 412 g/mol. The van der Waals surface area contributed by atoms with Crippen molar-refractivity contribution in [3.63, 3.8) is 0 Å². The maximum Gasteiger partial charge on any atom is 0.192 e. The molecule has 0 radical (unpaired) electrons. The van der Waals surface area contributed by atoms with E-state index in [-0.39, 0.29) is 5.43 Å². The number of hydrogen-bond donors (Lipinski definition) is 4. The van der Waals surface area contributed by atoms with Gasteiger partial charge in [-0.05, 0) is 41.3 Å². The van der Waals surface area contributed by atoms with Gasteiger partial charge in [-0.2, -0.15) is 0 Å². The fraction of sp³-hybridized carbons (Fsp3) is 0.318. The number of hydrogen-bond acceptors (Lipinski definition) is 7. The third-order valence-electron chi connectivity index (χ3n) is 5.41. The van der Waals surface area contributed by atoms with E-state index in [1.54, 1.807) is 30.3 Å². The Hall–Kier alpha value is -2.26. The second-order valence-electron chi connectivity index (χ2n) is 7.39. The maximum atomic E-state index is 12.1. The van der Waals surface area contributed by atoms with Crippen LogP contribution in [-0.2, 0) is 11.2 Å². The number of aliphatic hydroxyl groups is 4. The first-order valence-corrected chi connectivity index (χ1v) is 9.86. The van der Waals surface area contributed by atoms with Gasteiger partial charge >= 0.3 is 0 Å². The first-order valence-electron chi connectivity index (χ1n) is 9.48. The Bertz CT molecular complexity index is 1110. The Kier molecular flexibility index (Phi) is 5.92. The molecule has 1 aliphatic heterocycles. The van der Waals surface area contributed by atoms with Gasteiger partial charge in [0, 0.05) is 11.1 Å². The lowest BCUT2D eigenvalue weighted by Crippen LogP contribution is -2.55. The van der Waals surface area contributed by atoms with Gasteiger partial charge in [0.15, 0.2) is 5.43 Å². The molecule has 158 valence electrons. The van der Waals surface area contributed by atoms with E-state index in [4.69, 9.17) is 20.8 Å². The molecule has 5 unspecified atom stereocenters. The van der Waals surface area contributed by atoms with Gasteiger partial charge in [0.1, 0.15) is 36.1 Å². The van der Waals surface area contributed by atoms with Crippen molar-refractivity contribution in [2.75, 3.05) is 6.61 Å². The molecular formula is C22H21ClO7. The summed E-state index contributed by atoms with van der Waals surface area (Å²) in [5, 5.41) is 40.8. The molecule has 0 amide bonds. The molecule has 7 nitrogen and oxygen atoms in total. The Morgan fingerprint density at radius 3 is 2.53 bits per heavy atom. The summed E-state index contributed by atoms with van der Waals surface area (Å²) in [5.74, 6) is 0. The average molecular weight is 433 g/mol. The van der Waals surface area contributed by atoms with Gasteiger partial charge in [0.2, 0.25) is 0 Å². The quantitative estimate of drug-likeness (QED) is 0.493. The molecule has 4 rings (SSSR count). The molecule has 0 spiro atoms. The lowest BCUT2D eigenvalue weighted by atomic mass is 9.90. The first kappa shape index (κ1) is 21.0. The normalized spacial score (nSPS) is 26.8. The van der Waals surface area contributed by atoms with Crippen molar-refractivity contribution in [3.8, 4) is 0 Å². The van der Waals surface area contributed by atoms with E-state index in [0.717, 1.165) is 11.1 Å². The predicted octanol–water partition coefficient (Wildman–Crippen LogP) is 1.55. The Morgan fingerprint density at radius 2 is 1.77 bits per heavy atom. The fourth-order valence-corrected chi connectivity index (χ4v) is 3.93. The van der Waals surface area contributed by atoms with E-state index >= 15 is 0 Å². The van der Waals surface area contributed by atoms with Crippen molar-refractivity contribution >= 4 is 22.6 Å². The minimum absolute atomic E-state index is 0.140. The van der Waals surface area contributed by atoms with Crippen molar-refractivity contribution in [1.82, 2.24) is 0 Å². The highest BCUT2D eigenvalue weighted by molar-refractivity contribution is 6.31. The molecule has 30 heavy (non-hydrogen) atoms. The summed E-state index contributed by atoms with van der Waals surface area (Å²) in [7, 11) is 0. The Morgan fingerprint density at radius 1 is 0.967 bits per heavy atom. The predicted molar refractivity (Wildman–Crippen MR) is 109 cm³/mol. The zero-order valence-corrected chi connectivity index (χ0v) is 16.6. The van der Waals surface area contributed by atoms with E-state index in [9.17, 15) is 25.2 Å². The molecule has 1 saturated heterocycles. The fourth-order valence-electron chi connectivity index (χ4n) is 3.75. The van der Waals surface area contributed by atoms with Gasteiger partial charge in [-0.15, -0.1) is 0 Å². The van der Waals surface area contributed by atoms with Crippen molar-refractivity contribution in [1.29, 1.82) is 0 Å². The van der Waals surface area contributed by atoms with Gasteiger partial charge < -0.3 is 29.6 Å². The van der Waals surface area contributed by atoms with E-state index < -0.39 is 37.1 Å². The molecule has 0 saturated carbocycles. The zero-order chi connectivity index (χ0) is 21.4. The Labute approximate surface area is 176 Å². The molecule has 2 aromatic carbocycles. The monoisotopic (exact) mass is 432 g/mol. The van der Waals surface area contributed by atoms with Gasteiger partial charge in [-0.1, -0.05) is 29.8 Å². The standard InChI is InChI=1S/C22H21ClO7/c23-15-3-2-12(22-21(28)20(27)19(26)18(10-24)30-22)9-13(15)7-11-1-4-17-14(8-11)16(25)5-6-29-17/h1-6,8-9,18-22,24,26-28H,7,10H2. The van der Waals surface area contributed by atoms with Crippen LogP contribution in [0.4, 0.5) is 0 Å². The van der Waals surface area contributed by atoms with Gasteiger partial charge in [0.25, 0.3) is 0 Å². The number of benzene rings is 2. The van der Waals surface area contributed by atoms with Crippen molar-refractivity contribution in [2.24, 2.45) is 0 Å². The smallest absolute Gasteiger partial charge is 0.192 e. The minimum Gasteiger partial charge on any atom is -0.464 e. The van der Waals surface area contributed by atoms with E-state index in [2.05, 4.69) is 0 Å². The first-order chi connectivity index (χ1) is 14.4. The van der Waals surface area contributed by atoms with E-state index in [1.807, 2.05) is 6.07 Å². The summed E-state index contributed by atoms with van der Waals surface area (Å²) >= 11 is 6.37. The third-order valence-corrected chi connectivity index (χ3v) is 5.78. The lowest BCUT2D eigenvalue weighted by molar-refractivity contribution is -0.231. The third kappa shape index (κ3) is 3.88. The second-order valence-corrected chi connectivity index (χ2v) is 7.80. The van der Waals surface area contributed by atoms with Crippen LogP contribution in [0.25, 0.3) is 11.0 Å². The van der Waals surface area contributed by atoms with Crippen LogP contribution in [0, 0.1) is 0 Å². The molecule has 8 heteroatoms. The average Bonchev–Trinajstić information content (AvgIpc) is 2.75. The molecule has 3 aromatic rings. The summed E-state index contributed by atoms with van der Waals surface area (Å²) in [6.07, 6.45) is -4.42. The molecule has 0 aliphatic carbocycles. The molecule has 5 atom stereocenters. The summed E-state index contributed by atoms with van der Waals surface area (Å²) in [6, 6.07) is 11.7. The van der Waals surface area contributed by atoms with Gasteiger partial charge in [-0.3, -0.25) is 4.79 Å². The second kappa shape index (κ2) is 8.47. The molecule has 1 fully saturated rings. The van der Waals surface area contributed by atoms with Crippen LogP contribution in [0.5, 0.6) is 0 Å². The molecule has 2 heterocycles. The van der Waals surface area contributed by atoms with Crippen molar-refractivity contribution in [2.45, 2.75) is 36.9 Å². The van der Waals surface area contributed by atoms with E-state index in [1.165, 1.54) is 12.3 Å². The number of rotatable bonds is 4. The maximum absolute atomic E-state index is 12.1. The highest BCUT2D eigenvalue weighted by Crippen LogP contribution is 2.34. The number of aliphatic hydroxyl groups excluding tert-OH is 4. The van der Waals surface area contributed by atoms with Crippen LogP contribution in [0.15, 0.2) is 57.9 Å². The van der Waals surface area contributed by atoms with Crippen LogP contribution in [0.3, 0.4) is 0 Å². The van der Waals surface area contributed by atoms with Crippen LogP contribution >= 0.6 is 11.6 Å². The topological polar surface area (TPSA) is 120 Å². The minimum atomic E-state index is -1.46. The Balaban J connectivity index is 1.65. The summed E-state index contributed by atoms with van der Waals surface area (Å²) in [6.45, 7) is -0.498. The highest BCUT2D eigenvalue weighted by Gasteiger charge is 2.44. The van der Waals surface area contributed by atoms with Crippen molar-refractivity contribution < 1.29 is 29.6 Å². The van der Waals surface area contributed by atoms with Crippen LogP contribution in [-0.4, -0.2) is 51.4 Å². The van der Waals surface area contributed by atoms with Crippen LogP contribution in [0.2, 0.25) is 5.02 Å². The van der Waals surface area contributed by atoms with E-state index in [0.29, 0.717) is 28.0 Å². The molecule has 4 N–H and O–H groups in total. The SMILES string of the molecule is O=c1ccoc2ccc(Cc3cc(C4OC(CO)C(O)C(O)C4O)ccc3Cl)cc12. The molecule has 0 bridgehead atoms. The lowest BCUT2D eigenvalue weighted by Gasteiger charge is -2.40. The van der Waals surface area contributed by atoms with Gasteiger partial charge in [0.05, 0.1) is 18.3 Å². The summed E-state index contributed by atoms with van der Waals surface area (Å²) in [4.78, 5) is 12.1. The molecule has 1 aromatic heterocycles. The highest BCUT2D eigenvalue weighted by atomic mass is 35.5. The van der Waals surface area contributed by atoms with Crippen LogP contribution in [0.1, 0.15) is 22.8 Å². The van der Waals surface area contributed by atoms with Crippen LogP contribution < -0.4 is 5.43 Å². The van der Waals surface area contributed by atoms with Gasteiger partial charge in [-0.25, -0.2) is 0 Å². The number of fused-ring (bicyclic) bond motifs is 1. The number of ether oxygens (including phenoxy) is 1.